The summed E-state index contributed by atoms with van der Waals surface area (Å²) >= 11 is 0. The molecule has 0 spiro atoms. The Morgan fingerprint density at radius 2 is 2.14 bits per heavy atom. The highest BCUT2D eigenvalue weighted by Gasteiger charge is 1.99. The fourth-order valence-corrected chi connectivity index (χ4v) is 1.02. The first-order chi connectivity index (χ1) is 6.76. The van der Waals surface area contributed by atoms with Crippen molar-refractivity contribution in [3.63, 3.8) is 0 Å². The van der Waals surface area contributed by atoms with E-state index in [0.717, 1.165) is 17.9 Å². The number of anilines is 2. The van der Waals surface area contributed by atoms with Crippen molar-refractivity contribution in [2.45, 2.75) is 13.0 Å². The summed E-state index contributed by atoms with van der Waals surface area (Å²) < 4.78 is 5.13. The Hall–Kier alpha value is -1.29. The number of hydrogen-bond donors (Lipinski definition) is 2. The summed E-state index contributed by atoms with van der Waals surface area (Å²) in [4.78, 5) is 4.09. The molecule has 4 heteroatoms. The van der Waals surface area contributed by atoms with Crippen molar-refractivity contribution in [3.8, 4) is 0 Å². The number of ether oxygens (including phenoxy) is 1. The Labute approximate surface area is 84.7 Å². The fourth-order valence-electron chi connectivity index (χ4n) is 1.02. The first-order valence-corrected chi connectivity index (χ1v) is 4.65. The van der Waals surface area contributed by atoms with Gasteiger partial charge < -0.3 is 15.4 Å². The quantitative estimate of drug-likeness (QED) is 0.748. The molecule has 14 heavy (non-hydrogen) atoms. The van der Waals surface area contributed by atoms with Crippen LogP contribution in [0.2, 0.25) is 0 Å². The van der Waals surface area contributed by atoms with E-state index in [0.29, 0.717) is 0 Å². The van der Waals surface area contributed by atoms with Crippen molar-refractivity contribution in [1.82, 2.24) is 4.98 Å². The molecule has 0 saturated carbocycles. The van der Waals surface area contributed by atoms with Crippen LogP contribution in [0.1, 0.15) is 6.92 Å². The average molecular weight is 195 g/mol. The van der Waals surface area contributed by atoms with Gasteiger partial charge in [0.25, 0.3) is 0 Å². The van der Waals surface area contributed by atoms with E-state index < -0.39 is 0 Å². The van der Waals surface area contributed by atoms with Crippen LogP contribution in [0.5, 0.6) is 0 Å². The van der Waals surface area contributed by atoms with Gasteiger partial charge in [-0.15, -0.1) is 0 Å². The second-order valence-corrected chi connectivity index (χ2v) is 3.14. The summed E-state index contributed by atoms with van der Waals surface area (Å²) in [5.74, 6) is 0. The molecule has 1 aromatic rings. The maximum Gasteiger partial charge on any atom is 0.0715 e. The maximum atomic E-state index is 5.13. The Morgan fingerprint density at radius 1 is 1.43 bits per heavy atom. The molecule has 0 bridgehead atoms. The third-order valence-corrected chi connectivity index (χ3v) is 2.02. The smallest absolute Gasteiger partial charge is 0.0715 e. The number of rotatable bonds is 5. The van der Waals surface area contributed by atoms with Crippen LogP contribution in [0.4, 0.5) is 11.4 Å². The van der Waals surface area contributed by atoms with Crippen molar-refractivity contribution in [3.05, 3.63) is 18.5 Å². The van der Waals surface area contributed by atoms with Crippen molar-refractivity contribution < 1.29 is 4.74 Å². The zero-order valence-electron chi connectivity index (χ0n) is 8.87. The van der Waals surface area contributed by atoms with Crippen molar-refractivity contribution in [1.29, 1.82) is 0 Å². The molecule has 1 atom stereocenters. The van der Waals surface area contributed by atoms with Crippen LogP contribution >= 0.6 is 0 Å². The molecule has 0 fully saturated rings. The molecule has 1 heterocycles. The Bertz CT molecular complexity index is 278. The summed E-state index contributed by atoms with van der Waals surface area (Å²) in [5.41, 5.74) is 2.00. The third kappa shape index (κ3) is 3.22. The summed E-state index contributed by atoms with van der Waals surface area (Å²) in [6, 6.07) is 2.01. The first kappa shape index (κ1) is 10.8. The van der Waals surface area contributed by atoms with E-state index in [9.17, 15) is 0 Å². The van der Waals surface area contributed by atoms with Gasteiger partial charge in [0, 0.05) is 20.7 Å². The van der Waals surface area contributed by atoms with E-state index in [1.54, 1.807) is 19.5 Å². The van der Waals surface area contributed by atoms with Gasteiger partial charge in [-0.1, -0.05) is 0 Å². The molecular formula is C10H17N3O. The highest BCUT2D eigenvalue weighted by molar-refractivity contribution is 5.53. The highest BCUT2D eigenvalue weighted by Crippen LogP contribution is 2.11. The first-order valence-electron chi connectivity index (χ1n) is 4.65. The molecule has 78 valence electrons. The number of nitrogens with zero attached hydrogens (tertiary/aromatic N) is 1. The number of nitrogens with one attached hydrogen (secondary N) is 2. The SMILES string of the molecule is CNc1cncc(NCC(C)OC)c1. The van der Waals surface area contributed by atoms with Crippen LogP contribution < -0.4 is 10.6 Å². The molecule has 0 aromatic carbocycles. The van der Waals surface area contributed by atoms with Crippen molar-refractivity contribution in [2.24, 2.45) is 0 Å². The van der Waals surface area contributed by atoms with Gasteiger partial charge in [-0.25, -0.2) is 0 Å². The van der Waals surface area contributed by atoms with E-state index in [1.165, 1.54) is 0 Å². The van der Waals surface area contributed by atoms with Crippen LogP contribution in [-0.4, -0.2) is 31.8 Å². The lowest BCUT2D eigenvalue weighted by Gasteiger charge is -2.12. The van der Waals surface area contributed by atoms with Gasteiger partial charge in [-0.05, 0) is 13.0 Å². The minimum absolute atomic E-state index is 0.202. The summed E-state index contributed by atoms with van der Waals surface area (Å²) in [7, 11) is 3.58. The predicted octanol–water partition coefficient (Wildman–Crippen LogP) is 1.57. The molecular weight excluding hydrogens is 178 g/mol. The largest absolute Gasteiger partial charge is 0.387 e. The van der Waals surface area contributed by atoms with Gasteiger partial charge in [0.15, 0.2) is 0 Å². The van der Waals surface area contributed by atoms with E-state index in [2.05, 4.69) is 15.6 Å². The standard InChI is InChI=1S/C10H17N3O/c1-8(14-3)5-13-10-4-9(11-2)6-12-7-10/h4,6-8,11,13H,5H2,1-3H3. The molecule has 0 saturated heterocycles. The molecule has 1 unspecified atom stereocenters. The topological polar surface area (TPSA) is 46.2 Å². The van der Waals surface area contributed by atoms with Gasteiger partial charge in [0.1, 0.15) is 0 Å². The molecule has 0 aliphatic rings. The molecule has 0 radical (unpaired) electrons. The van der Waals surface area contributed by atoms with Gasteiger partial charge >= 0.3 is 0 Å². The summed E-state index contributed by atoms with van der Waals surface area (Å²) in [5, 5.41) is 6.28. The van der Waals surface area contributed by atoms with Crippen molar-refractivity contribution in [2.75, 3.05) is 31.3 Å². The Morgan fingerprint density at radius 3 is 2.79 bits per heavy atom. The zero-order valence-corrected chi connectivity index (χ0v) is 8.87. The van der Waals surface area contributed by atoms with Crippen LogP contribution in [0.3, 0.4) is 0 Å². The predicted molar refractivity (Wildman–Crippen MR) is 58.7 cm³/mol. The lowest BCUT2D eigenvalue weighted by Crippen LogP contribution is -2.18. The molecule has 1 aromatic heterocycles. The second kappa shape index (κ2) is 5.44. The highest BCUT2D eigenvalue weighted by atomic mass is 16.5. The Balaban J connectivity index is 2.50. The van der Waals surface area contributed by atoms with E-state index in [4.69, 9.17) is 4.74 Å². The molecule has 2 N–H and O–H groups in total. The molecule has 0 amide bonds. The van der Waals surface area contributed by atoms with Crippen LogP contribution in [0, 0.1) is 0 Å². The average Bonchev–Trinajstić information content (AvgIpc) is 2.26. The maximum absolute atomic E-state index is 5.13. The van der Waals surface area contributed by atoms with Gasteiger partial charge in [-0.3, -0.25) is 4.98 Å². The van der Waals surface area contributed by atoms with E-state index in [1.807, 2.05) is 20.0 Å². The van der Waals surface area contributed by atoms with Crippen LogP contribution in [0.15, 0.2) is 18.5 Å². The zero-order chi connectivity index (χ0) is 10.4. The monoisotopic (exact) mass is 195 g/mol. The lowest BCUT2D eigenvalue weighted by molar-refractivity contribution is 0.129. The van der Waals surface area contributed by atoms with Crippen LogP contribution in [0.25, 0.3) is 0 Å². The van der Waals surface area contributed by atoms with Crippen LogP contribution in [-0.2, 0) is 4.74 Å². The summed E-state index contributed by atoms with van der Waals surface area (Å²) in [6.07, 6.45) is 3.78. The van der Waals surface area contributed by atoms with Gasteiger partial charge in [0.05, 0.1) is 29.9 Å². The Kier molecular flexibility index (Phi) is 4.19. The number of pyridine rings is 1. The lowest BCUT2D eigenvalue weighted by atomic mass is 10.3. The van der Waals surface area contributed by atoms with Gasteiger partial charge in [-0.2, -0.15) is 0 Å². The number of hydrogen-bond acceptors (Lipinski definition) is 4. The molecule has 0 aliphatic heterocycles. The molecule has 0 aliphatic carbocycles. The van der Waals surface area contributed by atoms with E-state index in [-0.39, 0.29) is 6.10 Å². The van der Waals surface area contributed by atoms with Crippen molar-refractivity contribution >= 4 is 11.4 Å². The third-order valence-electron chi connectivity index (χ3n) is 2.02. The molecule has 4 nitrogen and oxygen atoms in total. The second-order valence-electron chi connectivity index (χ2n) is 3.14. The minimum atomic E-state index is 0.202. The van der Waals surface area contributed by atoms with E-state index >= 15 is 0 Å². The number of aromatic nitrogens is 1. The van der Waals surface area contributed by atoms with Gasteiger partial charge in [0.2, 0.25) is 0 Å². The minimum Gasteiger partial charge on any atom is -0.387 e. The number of methoxy groups -OCH3 is 1. The normalized spacial score (nSPS) is 12.2. The molecule has 1 rings (SSSR count). The fraction of sp³-hybridized carbons (Fsp3) is 0.500. The summed E-state index contributed by atoms with van der Waals surface area (Å²) in [6.45, 7) is 2.80.